The molecule has 3 rings (SSSR count). The highest BCUT2D eigenvalue weighted by Crippen LogP contribution is 2.26. The standard InChI is InChI=1S/C21H24BNO7S/c1-3-29-21(25)9-6-16-11-18(23-14(2)24)7-8-20(16)31(27,28)13-15-4-5-17-12-30-22(26)19(17)10-15/h4-5,7-8,10-11,26H,3,6,9,12-13H2,1-2H3,(H,23,24). The van der Waals surface area contributed by atoms with Crippen LogP contribution in [0.5, 0.6) is 0 Å². The van der Waals surface area contributed by atoms with Gasteiger partial charge >= 0.3 is 13.1 Å². The molecule has 0 radical (unpaired) electrons. The molecule has 2 aromatic carbocycles. The molecular weight excluding hydrogens is 421 g/mol. The smallest absolute Gasteiger partial charge is 0.466 e. The van der Waals surface area contributed by atoms with E-state index in [1.807, 2.05) is 0 Å². The maximum atomic E-state index is 13.2. The zero-order valence-electron chi connectivity index (χ0n) is 17.4. The molecule has 1 amide bonds. The van der Waals surface area contributed by atoms with Crippen LogP contribution in [0.1, 0.15) is 37.0 Å². The predicted octanol–water partition coefficient (Wildman–Crippen LogP) is 1.33. The van der Waals surface area contributed by atoms with Crippen LogP contribution in [-0.4, -0.2) is 39.0 Å². The lowest BCUT2D eigenvalue weighted by atomic mass is 9.79. The first-order chi connectivity index (χ1) is 14.7. The normalized spacial score (nSPS) is 13.1. The fraction of sp³-hybridized carbons (Fsp3) is 0.333. The van der Waals surface area contributed by atoms with E-state index in [4.69, 9.17) is 9.39 Å². The fourth-order valence-electron chi connectivity index (χ4n) is 3.48. The Kier molecular flexibility index (Phi) is 7.14. The highest BCUT2D eigenvalue weighted by molar-refractivity contribution is 7.90. The molecule has 0 atom stereocenters. The van der Waals surface area contributed by atoms with Gasteiger partial charge in [0.15, 0.2) is 9.84 Å². The third-order valence-electron chi connectivity index (χ3n) is 4.85. The molecule has 0 aromatic heterocycles. The summed E-state index contributed by atoms with van der Waals surface area (Å²) in [4.78, 5) is 23.3. The Balaban J connectivity index is 1.90. The number of amides is 1. The first-order valence-electron chi connectivity index (χ1n) is 9.90. The molecule has 2 N–H and O–H groups in total. The highest BCUT2D eigenvalue weighted by Gasteiger charge is 2.28. The van der Waals surface area contributed by atoms with Crippen molar-refractivity contribution in [2.24, 2.45) is 0 Å². The zero-order chi connectivity index (χ0) is 22.6. The third-order valence-corrected chi connectivity index (χ3v) is 6.63. The number of aryl methyl sites for hydroxylation is 1. The number of ether oxygens (including phenoxy) is 1. The largest absolute Gasteiger partial charge is 0.491 e. The third kappa shape index (κ3) is 5.72. The van der Waals surface area contributed by atoms with Gasteiger partial charge in [-0.2, -0.15) is 0 Å². The SMILES string of the molecule is CCOC(=O)CCc1cc(NC(C)=O)ccc1S(=O)(=O)Cc1ccc2c(c1)B(O)OC2. The molecule has 0 saturated carbocycles. The molecule has 1 heterocycles. The van der Waals surface area contributed by atoms with Crippen LogP contribution >= 0.6 is 0 Å². The first-order valence-corrected chi connectivity index (χ1v) is 11.5. The molecule has 1 aliphatic rings. The molecule has 0 bridgehead atoms. The number of anilines is 1. The van der Waals surface area contributed by atoms with Crippen molar-refractivity contribution in [1.82, 2.24) is 0 Å². The minimum Gasteiger partial charge on any atom is -0.466 e. The van der Waals surface area contributed by atoms with E-state index >= 15 is 0 Å². The predicted molar refractivity (Wildman–Crippen MR) is 115 cm³/mol. The van der Waals surface area contributed by atoms with Gasteiger partial charge in [-0.3, -0.25) is 9.59 Å². The van der Waals surface area contributed by atoms with Crippen LogP contribution in [0, 0.1) is 0 Å². The minimum absolute atomic E-state index is 0.0161. The second kappa shape index (κ2) is 9.63. The van der Waals surface area contributed by atoms with Crippen LogP contribution in [0.4, 0.5) is 5.69 Å². The van der Waals surface area contributed by atoms with E-state index in [1.165, 1.54) is 19.1 Å². The lowest BCUT2D eigenvalue weighted by Gasteiger charge is -2.13. The van der Waals surface area contributed by atoms with Gasteiger partial charge in [0.2, 0.25) is 5.91 Å². The Morgan fingerprint density at radius 1 is 1.23 bits per heavy atom. The Hall–Kier alpha value is -2.69. The van der Waals surface area contributed by atoms with Crippen LogP contribution in [0.3, 0.4) is 0 Å². The molecule has 0 aliphatic carbocycles. The number of fused-ring (bicyclic) bond motifs is 1. The summed E-state index contributed by atoms with van der Waals surface area (Å²) in [6.07, 6.45) is 0.166. The Morgan fingerprint density at radius 2 is 2.00 bits per heavy atom. The second-order valence-corrected chi connectivity index (χ2v) is 9.22. The van der Waals surface area contributed by atoms with Crippen LogP contribution < -0.4 is 10.8 Å². The fourth-order valence-corrected chi connectivity index (χ4v) is 5.09. The zero-order valence-corrected chi connectivity index (χ0v) is 18.2. The number of esters is 1. The summed E-state index contributed by atoms with van der Waals surface area (Å²) in [5.41, 5.74) is 2.78. The molecule has 31 heavy (non-hydrogen) atoms. The van der Waals surface area contributed by atoms with Gasteiger partial charge in [-0.05, 0) is 53.7 Å². The quantitative estimate of drug-likeness (QED) is 0.465. The van der Waals surface area contributed by atoms with Gasteiger partial charge in [0, 0.05) is 19.0 Å². The number of carbonyl (C=O) groups excluding carboxylic acids is 2. The molecule has 8 nitrogen and oxygen atoms in total. The van der Waals surface area contributed by atoms with Crippen molar-refractivity contribution in [3.8, 4) is 0 Å². The lowest BCUT2D eigenvalue weighted by Crippen LogP contribution is -2.28. The van der Waals surface area contributed by atoms with Crippen molar-refractivity contribution in [1.29, 1.82) is 0 Å². The molecule has 1 aliphatic heterocycles. The monoisotopic (exact) mass is 445 g/mol. The van der Waals surface area contributed by atoms with Gasteiger partial charge in [-0.1, -0.05) is 18.2 Å². The number of hydrogen-bond donors (Lipinski definition) is 2. The van der Waals surface area contributed by atoms with Gasteiger partial charge in [0.1, 0.15) is 0 Å². The number of nitrogens with one attached hydrogen (secondary N) is 1. The maximum Gasteiger partial charge on any atom is 0.491 e. The number of hydrogen-bond acceptors (Lipinski definition) is 7. The molecular formula is C21H24BNO7S. The maximum absolute atomic E-state index is 13.2. The van der Waals surface area contributed by atoms with Gasteiger partial charge in [-0.25, -0.2) is 8.42 Å². The van der Waals surface area contributed by atoms with Crippen LogP contribution in [-0.2, 0) is 47.6 Å². The topological polar surface area (TPSA) is 119 Å². The van der Waals surface area contributed by atoms with E-state index in [0.29, 0.717) is 22.3 Å². The molecule has 0 saturated heterocycles. The van der Waals surface area contributed by atoms with E-state index in [0.717, 1.165) is 5.56 Å². The number of sulfone groups is 1. The van der Waals surface area contributed by atoms with Crippen molar-refractivity contribution >= 4 is 40.0 Å². The first kappa shape index (κ1) is 23.0. The van der Waals surface area contributed by atoms with Crippen molar-refractivity contribution < 1.29 is 32.4 Å². The molecule has 0 spiro atoms. The van der Waals surface area contributed by atoms with Crippen LogP contribution in [0.15, 0.2) is 41.3 Å². The van der Waals surface area contributed by atoms with E-state index in [-0.39, 0.29) is 42.6 Å². The summed E-state index contributed by atoms with van der Waals surface area (Å²) in [6.45, 7) is 3.58. The van der Waals surface area contributed by atoms with Crippen LogP contribution in [0.25, 0.3) is 0 Å². The molecule has 164 valence electrons. The van der Waals surface area contributed by atoms with Crippen molar-refractivity contribution in [3.63, 3.8) is 0 Å². The van der Waals surface area contributed by atoms with E-state index in [9.17, 15) is 23.0 Å². The van der Waals surface area contributed by atoms with Crippen molar-refractivity contribution in [2.45, 2.75) is 43.9 Å². The van der Waals surface area contributed by atoms with Gasteiger partial charge < -0.3 is 19.7 Å². The molecule has 10 heteroatoms. The summed E-state index contributed by atoms with van der Waals surface area (Å²) in [7, 11) is -4.83. The average molecular weight is 445 g/mol. The van der Waals surface area contributed by atoms with Crippen LogP contribution in [0.2, 0.25) is 0 Å². The Labute approximate surface area is 181 Å². The van der Waals surface area contributed by atoms with Crippen molar-refractivity contribution in [3.05, 3.63) is 53.1 Å². The summed E-state index contributed by atoms with van der Waals surface area (Å²) < 4.78 is 36.5. The van der Waals surface area contributed by atoms with E-state index in [1.54, 1.807) is 31.2 Å². The average Bonchev–Trinajstić information content (AvgIpc) is 3.06. The highest BCUT2D eigenvalue weighted by atomic mass is 32.2. The summed E-state index contributed by atoms with van der Waals surface area (Å²) >= 11 is 0. The summed E-state index contributed by atoms with van der Waals surface area (Å²) in [5.74, 6) is -0.993. The van der Waals surface area contributed by atoms with Crippen molar-refractivity contribution in [2.75, 3.05) is 11.9 Å². The number of carbonyl (C=O) groups is 2. The van der Waals surface area contributed by atoms with E-state index < -0.39 is 22.9 Å². The number of benzene rings is 2. The van der Waals surface area contributed by atoms with Gasteiger partial charge in [0.05, 0.1) is 23.9 Å². The lowest BCUT2D eigenvalue weighted by molar-refractivity contribution is -0.143. The van der Waals surface area contributed by atoms with E-state index in [2.05, 4.69) is 5.32 Å². The summed E-state index contributed by atoms with van der Waals surface area (Å²) in [5, 5.41) is 12.5. The minimum atomic E-state index is -3.77. The van der Waals surface area contributed by atoms with Gasteiger partial charge in [0.25, 0.3) is 0 Å². The molecule has 0 fully saturated rings. The Bertz CT molecular complexity index is 1100. The second-order valence-electron chi connectivity index (χ2n) is 7.26. The molecule has 2 aromatic rings. The van der Waals surface area contributed by atoms with Gasteiger partial charge in [-0.15, -0.1) is 0 Å². The number of rotatable bonds is 8. The summed E-state index contributed by atoms with van der Waals surface area (Å²) in [6, 6.07) is 9.59. The Morgan fingerprint density at radius 3 is 2.71 bits per heavy atom. The molecule has 0 unspecified atom stereocenters.